The summed E-state index contributed by atoms with van der Waals surface area (Å²) in [6.45, 7) is 0.365. The topological polar surface area (TPSA) is 39.1 Å². The minimum absolute atomic E-state index is 0.229. The second-order valence-electron chi connectivity index (χ2n) is 6.09. The average molecular weight is 327 g/mol. The molecule has 0 unspecified atom stereocenters. The van der Waals surface area contributed by atoms with E-state index in [1.165, 1.54) is 4.57 Å². The van der Waals surface area contributed by atoms with Gasteiger partial charge in [0.1, 0.15) is 0 Å². The Hall–Kier alpha value is -3.20. The minimum atomic E-state index is -0.229. The molecular formula is C22H17NO2. The lowest BCUT2D eigenvalue weighted by atomic mass is 10.1. The van der Waals surface area contributed by atoms with E-state index in [9.17, 15) is 9.59 Å². The molecule has 25 heavy (non-hydrogen) atoms. The normalized spacial score (nSPS) is 11.0. The zero-order valence-corrected chi connectivity index (χ0v) is 13.7. The zero-order valence-electron chi connectivity index (χ0n) is 13.7. The lowest BCUT2D eigenvalue weighted by molar-refractivity contribution is 0.659. The largest absolute Gasteiger partial charge is 0.274 e. The molecule has 3 heteroatoms. The molecule has 0 aliphatic rings. The van der Waals surface area contributed by atoms with E-state index < -0.39 is 0 Å². The molecule has 0 radical (unpaired) electrons. The number of hydrogen-bond acceptors (Lipinski definition) is 2. The number of aromatic nitrogens is 1. The SMILES string of the molecule is O=c1c2ccccc2c2ccccc2c(=O)n1CCc1ccccc1. The van der Waals surface area contributed by atoms with E-state index >= 15 is 0 Å². The van der Waals surface area contributed by atoms with Gasteiger partial charge in [0.2, 0.25) is 0 Å². The van der Waals surface area contributed by atoms with Crippen molar-refractivity contribution in [1.29, 1.82) is 0 Å². The molecule has 0 N–H and O–H groups in total. The summed E-state index contributed by atoms with van der Waals surface area (Å²) in [7, 11) is 0. The highest BCUT2D eigenvalue weighted by Gasteiger charge is 2.10. The molecule has 0 saturated carbocycles. The molecule has 0 spiro atoms. The predicted octanol–water partition coefficient (Wildman–Crippen LogP) is 3.76. The first-order chi connectivity index (χ1) is 12.3. The third-order valence-electron chi connectivity index (χ3n) is 4.56. The van der Waals surface area contributed by atoms with E-state index in [1.54, 1.807) is 12.1 Å². The molecule has 0 saturated heterocycles. The molecule has 4 aromatic rings. The fourth-order valence-corrected chi connectivity index (χ4v) is 3.28. The fraction of sp³-hybridized carbons (Fsp3) is 0.0909. The van der Waals surface area contributed by atoms with Gasteiger partial charge >= 0.3 is 0 Å². The number of hydrogen-bond donors (Lipinski definition) is 0. The third kappa shape index (κ3) is 2.74. The molecule has 0 fully saturated rings. The maximum atomic E-state index is 13.0. The van der Waals surface area contributed by atoms with Crippen LogP contribution in [0.3, 0.4) is 0 Å². The van der Waals surface area contributed by atoms with E-state index in [2.05, 4.69) is 0 Å². The van der Waals surface area contributed by atoms with Crippen LogP contribution in [0.5, 0.6) is 0 Å². The summed E-state index contributed by atoms with van der Waals surface area (Å²) in [6, 6.07) is 24.8. The molecule has 4 rings (SSSR count). The van der Waals surface area contributed by atoms with Crippen molar-refractivity contribution in [3.05, 3.63) is 105 Å². The van der Waals surface area contributed by atoms with Gasteiger partial charge in [0, 0.05) is 17.3 Å². The van der Waals surface area contributed by atoms with Crippen molar-refractivity contribution in [3.8, 4) is 0 Å². The van der Waals surface area contributed by atoms with Crippen molar-refractivity contribution in [2.45, 2.75) is 13.0 Å². The molecule has 1 aromatic heterocycles. The Labute approximate surface area is 144 Å². The van der Waals surface area contributed by atoms with Crippen molar-refractivity contribution in [1.82, 2.24) is 4.57 Å². The first-order valence-electron chi connectivity index (χ1n) is 8.34. The van der Waals surface area contributed by atoms with Gasteiger partial charge < -0.3 is 0 Å². The van der Waals surface area contributed by atoms with E-state index in [0.29, 0.717) is 23.7 Å². The maximum Gasteiger partial charge on any atom is 0.261 e. The summed E-state index contributed by atoms with van der Waals surface area (Å²) in [4.78, 5) is 26.1. The Kier molecular flexibility index (Phi) is 3.90. The Morgan fingerprint density at radius 1 is 0.560 bits per heavy atom. The molecule has 1 heterocycles. The zero-order chi connectivity index (χ0) is 17.2. The Morgan fingerprint density at radius 2 is 1.00 bits per heavy atom. The highest BCUT2D eigenvalue weighted by atomic mass is 16.2. The minimum Gasteiger partial charge on any atom is -0.274 e. The molecule has 122 valence electrons. The number of rotatable bonds is 3. The molecule has 0 aliphatic carbocycles. The van der Waals surface area contributed by atoms with Gasteiger partial charge in [0.05, 0.1) is 0 Å². The van der Waals surface area contributed by atoms with Gasteiger partial charge in [-0.2, -0.15) is 0 Å². The first-order valence-corrected chi connectivity index (χ1v) is 8.34. The van der Waals surface area contributed by atoms with E-state index in [0.717, 1.165) is 16.3 Å². The highest BCUT2D eigenvalue weighted by molar-refractivity contribution is 6.05. The van der Waals surface area contributed by atoms with Gasteiger partial charge in [-0.1, -0.05) is 66.7 Å². The van der Waals surface area contributed by atoms with Crippen LogP contribution in [0.25, 0.3) is 21.5 Å². The van der Waals surface area contributed by atoms with Crippen molar-refractivity contribution in [3.63, 3.8) is 0 Å². The molecule has 0 aliphatic heterocycles. The lowest BCUT2D eigenvalue weighted by Crippen LogP contribution is -2.30. The van der Waals surface area contributed by atoms with Crippen molar-refractivity contribution < 1.29 is 0 Å². The van der Waals surface area contributed by atoms with Gasteiger partial charge in [-0.25, -0.2) is 0 Å². The monoisotopic (exact) mass is 327 g/mol. The van der Waals surface area contributed by atoms with Crippen LogP contribution < -0.4 is 11.1 Å². The highest BCUT2D eigenvalue weighted by Crippen LogP contribution is 2.19. The summed E-state index contributed by atoms with van der Waals surface area (Å²) in [5.41, 5.74) is 0.648. The van der Waals surface area contributed by atoms with E-state index in [-0.39, 0.29) is 11.1 Å². The van der Waals surface area contributed by atoms with E-state index in [4.69, 9.17) is 0 Å². The Morgan fingerprint density at radius 3 is 1.52 bits per heavy atom. The van der Waals surface area contributed by atoms with Crippen molar-refractivity contribution in [2.75, 3.05) is 0 Å². The Balaban J connectivity index is 2.00. The fourth-order valence-electron chi connectivity index (χ4n) is 3.28. The summed E-state index contributed by atoms with van der Waals surface area (Å²) in [6.07, 6.45) is 0.642. The third-order valence-corrected chi connectivity index (χ3v) is 4.56. The van der Waals surface area contributed by atoms with Crippen molar-refractivity contribution >= 4 is 21.5 Å². The van der Waals surface area contributed by atoms with Crippen LogP contribution in [-0.2, 0) is 13.0 Å². The number of benzene rings is 3. The van der Waals surface area contributed by atoms with Gasteiger partial charge in [-0.3, -0.25) is 14.2 Å². The summed E-state index contributed by atoms with van der Waals surface area (Å²) < 4.78 is 1.37. The Bertz CT molecular complexity index is 1100. The van der Waals surface area contributed by atoms with Crippen LogP contribution in [0.2, 0.25) is 0 Å². The van der Waals surface area contributed by atoms with Crippen LogP contribution >= 0.6 is 0 Å². The molecule has 0 amide bonds. The van der Waals surface area contributed by atoms with Crippen molar-refractivity contribution in [2.24, 2.45) is 0 Å². The van der Waals surface area contributed by atoms with Crippen LogP contribution in [0.15, 0.2) is 88.5 Å². The van der Waals surface area contributed by atoms with E-state index in [1.807, 2.05) is 66.7 Å². The number of nitrogens with zero attached hydrogens (tertiary/aromatic N) is 1. The van der Waals surface area contributed by atoms with Crippen LogP contribution in [0.4, 0.5) is 0 Å². The van der Waals surface area contributed by atoms with Crippen LogP contribution in [0.1, 0.15) is 5.56 Å². The average Bonchev–Trinajstić information content (AvgIpc) is 2.76. The lowest BCUT2D eigenvalue weighted by Gasteiger charge is -2.03. The quantitative estimate of drug-likeness (QED) is 0.575. The summed E-state index contributed by atoms with van der Waals surface area (Å²) >= 11 is 0. The molecule has 3 nitrogen and oxygen atoms in total. The van der Waals surface area contributed by atoms with Gasteiger partial charge in [0.25, 0.3) is 11.1 Å². The van der Waals surface area contributed by atoms with Crippen LogP contribution in [-0.4, -0.2) is 4.57 Å². The van der Waals surface area contributed by atoms with Gasteiger partial charge in [-0.05, 0) is 34.9 Å². The molecule has 0 bridgehead atoms. The molecule has 0 atom stereocenters. The molecule has 3 aromatic carbocycles. The second kappa shape index (κ2) is 6.36. The number of fused-ring (bicyclic) bond motifs is 3. The number of aryl methyl sites for hydroxylation is 1. The molecular weight excluding hydrogens is 310 g/mol. The van der Waals surface area contributed by atoms with Gasteiger partial charge in [-0.15, -0.1) is 0 Å². The maximum absolute atomic E-state index is 13.0. The first kappa shape index (κ1) is 15.3. The van der Waals surface area contributed by atoms with Crippen LogP contribution in [0, 0.1) is 0 Å². The second-order valence-corrected chi connectivity index (χ2v) is 6.09. The summed E-state index contributed by atoms with van der Waals surface area (Å²) in [5, 5.41) is 2.79. The summed E-state index contributed by atoms with van der Waals surface area (Å²) in [5.74, 6) is 0. The smallest absolute Gasteiger partial charge is 0.261 e. The predicted molar refractivity (Wildman–Crippen MR) is 102 cm³/mol. The van der Waals surface area contributed by atoms with Gasteiger partial charge in [0.15, 0.2) is 0 Å². The standard InChI is InChI=1S/C22H17NO2/c24-21-19-12-6-4-10-17(19)18-11-5-7-13-20(18)22(25)23(21)15-14-16-8-2-1-3-9-16/h1-13H,14-15H2.